The Labute approximate surface area is 184 Å². The molecule has 2 aromatic heterocycles. The van der Waals surface area contributed by atoms with Crippen molar-refractivity contribution in [3.8, 4) is 6.07 Å². The summed E-state index contributed by atoms with van der Waals surface area (Å²) in [7, 11) is 0. The first kappa shape index (κ1) is 21.3. The smallest absolute Gasteiger partial charge is 0.342 e. The fourth-order valence-corrected chi connectivity index (χ4v) is 3.76. The second kappa shape index (κ2) is 8.64. The van der Waals surface area contributed by atoms with Crippen LogP contribution in [0.5, 0.6) is 0 Å². The van der Waals surface area contributed by atoms with Gasteiger partial charge in [-0.1, -0.05) is 59.9 Å². The summed E-state index contributed by atoms with van der Waals surface area (Å²) in [5, 5.41) is 17.3. The highest BCUT2D eigenvalue weighted by molar-refractivity contribution is 7.15. The van der Waals surface area contributed by atoms with Crippen molar-refractivity contribution in [2.75, 3.05) is 5.32 Å². The van der Waals surface area contributed by atoms with Crippen LogP contribution in [0.4, 0.5) is 18.3 Å². The molecule has 0 saturated heterocycles. The van der Waals surface area contributed by atoms with E-state index in [1.165, 1.54) is 6.08 Å². The minimum atomic E-state index is -4.66. The Kier molecular flexibility index (Phi) is 5.75. The third-order valence-electron chi connectivity index (χ3n) is 4.57. The Balaban J connectivity index is 1.64. The molecule has 0 aliphatic carbocycles. The van der Waals surface area contributed by atoms with E-state index in [4.69, 9.17) is 0 Å². The van der Waals surface area contributed by atoms with Gasteiger partial charge in [-0.25, -0.2) is 0 Å². The summed E-state index contributed by atoms with van der Waals surface area (Å²) in [6.07, 6.45) is -1.42. The number of carbonyl (C=O) groups excluding carboxylic acids is 1. The number of halogens is 3. The zero-order valence-corrected chi connectivity index (χ0v) is 17.1. The van der Waals surface area contributed by atoms with E-state index in [1.54, 1.807) is 6.07 Å². The molecular formula is C22H14F3N5OS. The number of hydrogen-bond acceptors (Lipinski definition) is 5. The second-order valence-electron chi connectivity index (χ2n) is 6.75. The number of benzene rings is 2. The van der Waals surface area contributed by atoms with Gasteiger partial charge in [0.25, 0.3) is 5.91 Å². The molecule has 160 valence electrons. The molecule has 4 rings (SSSR count). The lowest BCUT2D eigenvalue weighted by molar-refractivity contribution is -0.138. The number of alkyl halides is 3. The predicted octanol–water partition coefficient (Wildman–Crippen LogP) is 5.11. The van der Waals surface area contributed by atoms with Crippen molar-refractivity contribution in [3.05, 3.63) is 82.5 Å². The Morgan fingerprint density at radius 3 is 2.53 bits per heavy atom. The van der Waals surface area contributed by atoms with Crippen LogP contribution in [0.15, 0.2) is 66.4 Å². The van der Waals surface area contributed by atoms with E-state index in [9.17, 15) is 23.2 Å². The molecule has 0 fully saturated rings. The number of fused-ring (bicyclic) bond motifs is 1. The summed E-state index contributed by atoms with van der Waals surface area (Å²) in [5.74, 6) is -0.864. The molecule has 0 atom stereocenters. The first-order valence-electron chi connectivity index (χ1n) is 9.31. The molecular weight excluding hydrogens is 439 g/mol. The van der Waals surface area contributed by atoms with Gasteiger partial charge in [0, 0.05) is 29.2 Å². The summed E-state index contributed by atoms with van der Waals surface area (Å²) in [4.78, 5) is 12.5. The van der Waals surface area contributed by atoms with Gasteiger partial charge in [-0.3, -0.25) is 10.1 Å². The van der Waals surface area contributed by atoms with Gasteiger partial charge in [0.2, 0.25) is 10.1 Å². The van der Waals surface area contributed by atoms with Gasteiger partial charge in [0.05, 0.1) is 0 Å². The Morgan fingerprint density at radius 2 is 1.84 bits per heavy atom. The normalized spacial score (nSPS) is 12.0. The van der Waals surface area contributed by atoms with Crippen LogP contribution in [0.3, 0.4) is 0 Å². The van der Waals surface area contributed by atoms with E-state index < -0.39 is 17.1 Å². The van der Waals surface area contributed by atoms with Gasteiger partial charge in [0.1, 0.15) is 11.6 Å². The number of nitriles is 1. The van der Waals surface area contributed by atoms with Crippen LogP contribution in [-0.4, -0.2) is 20.7 Å². The third kappa shape index (κ3) is 4.53. The van der Waals surface area contributed by atoms with Crippen LogP contribution in [0, 0.1) is 11.3 Å². The minimum Gasteiger partial charge on any atom is -0.342 e. The molecule has 1 N–H and O–H groups in total. The molecule has 2 aromatic carbocycles. The largest absolute Gasteiger partial charge is 0.445 e. The molecule has 10 heteroatoms. The fourth-order valence-electron chi connectivity index (χ4n) is 3.16. The Bertz CT molecular complexity index is 1350. The lowest BCUT2D eigenvalue weighted by Gasteiger charge is -2.05. The van der Waals surface area contributed by atoms with Crippen LogP contribution in [0.2, 0.25) is 0 Å². The van der Waals surface area contributed by atoms with Crippen LogP contribution in [0.1, 0.15) is 16.1 Å². The highest BCUT2D eigenvalue weighted by Crippen LogP contribution is 2.33. The molecule has 0 spiro atoms. The van der Waals surface area contributed by atoms with Gasteiger partial charge in [-0.05, 0) is 17.7 Å². The Morgan fingerprint density at radius 1 is 1.12 bits per heavy atom. The highest BCUT2D eigenvalue weighted by Gasteiger charge is 2.35. The van der Waals surface area contributed by atoms with E-state index in [2.05, 4.69) is 15.5 Å². The van der Waals surface area contributed by atoms with Gasteiger partial charge in [0.15, 0.2) is 0 Å². The fraction of sp³-hybridized carbons (Fsp3) is 0.0909. The van der Waals surface area contributed by atoms with Gasteiger partial charge in [-0.2, -0.15) is 18.4 Å². The lowest BCUT2D eigenvalue weighted by Crippen LogP contribution is -2.13. The average Bonchev–Trinajstić information content (AvgIpc) is 3.38. The number of para-hydroxylation sites is 1. The highest BCUT2D eigenvalue weighted by atomic mass is 32.1. The quantitative estimate of drug-likeness (QED) is 0.336. The maximum atomic E-state index is 12.7. The molecule has 0 aliphatic rings. The zero-order chi connectivity index (χ0) is 22.7. The lowest BCUT2D eigenvalue weighted by atomic mass is 10.1. The van der Waals surface area contributed by atoms with E-state index in [-0.39, 0.29) is 22.0 Å². The molecule has 0 radical (unpaired) electrons. The van der Waals surface area contributed by atoms with Crippen molar-refractivity contribution in [2.45, 2.75) is 12.7 Å². The first-order valence-corrected chi connectivity index (χ1v) is 10.1. The molecule has 4 aromatic rings. The number of rotatable bonds is 5. The van der Waals surface area contributed by atoms with Crippen LogP contribution in [-0.2, 0) is 17.5 Å². The summed E-state index contributed by atoms with van der Waals surface area (Å²) >= 11 is 0.190. The number of nitrogens with one attached hydrogen (secondary N) is 1. The van der Waals surface area contributed by atoms with E-state index in [1.807, 2.05) is 65.4 Å². The number of hydrogen-bond donors (Lipinski definition) is 1. The van der Waals surface area contributed by atoms with Crippen LogP contribution < -0.4 is 5.32 Å². The molecule has 0 saturated carbocycles. The third-order valence-corrected chi connectivity index (χ3v) is 5.45. The Hall–Kier alpha value is -3.97. The summed E-state index contributed by atoms with van der Waals surface area (Å²) < 4.78 is 40.1. The monoisotopic (exact) mass is 453 g/mol. The summed E-state index contributed by atoms with van der Waals surface area (Å²) in [6.45, 7) is 0.592. The van der Waals surface area contributed by atoms with Gasteiger partial charge >= 0.3 is 6.18 Å². The molecule has 0 unspecified atom stereocenters. The summed E-state index contributed by atoms with van der Waals surface area (Å²) in [5.41, 5.74) is 2.37. The van der Waals surface area contributed by atoms with Crippen molar-refractivity contribution < 1.29 is 18.0 Å². The summed E-state index contributed by atoms with van der Waals surface area (Å²) in [6, 6.07) is 19.2. The van der Waals surface area contributed by atoms with E-state index >= 15 is 0 Å². The average molecular weight is 453 g/mol. The topological polar surface area (TPSA) is 83.6 Å². The minimum absolute atomic E-state index is 0.190. The number of amides is 1. The van der Waals surface area contributed by atoms with Crippen molar-refractivity contribution in [2.24, 2.45) is 0 Å². The molecule has 6 nitrogen and oxygen atoms in total. The number of aromatic nitrogens is 3. The first-order chi connectivity index (χ1) is 15.3. The van der Waals surface area contributed by atoms with Crippen LogP contribution >= 0.6 is 11.3 Å². The van der Waals surface area contributed by atoms with Crippen molar-refractivity contribution in [3.63, 3.8) is 0 Å². The second-order valence-corrected chi connectivity index (χ2v) is 7.73. The van der Waals surface area contributed by atoms with E-state index in [0.717, 1.165) is 16.5 Å². The number of anilines is 1. The number of nitrogens with zero attached hydrogens (tertiary/aromatic N) is 4. The maximum absolute atomic E-state index is 12.7. The van der Waals surface area contributed by atoms with Gasteiger partial charge < -0.3 is 4.57 Å². The van der Waals surface area contributed by atoms with E-state index in [0.29, 0.717) is 12.1 Å². The SMILES string of the molecule is N#C/C(=C\c1cn(Cc2ccccc2)c2ccccc12)C(=O)Nc1nnc(C(F)(F)F)s1. The van der Waals surface area contributed by atoms with Crippen molar-refractivity contribution in [1.82, 2.24) is 14.8 Å². The molecule has 0 bridgehead atoms. The van der Waals surface area contributed by atoms with Crippen molar-refractivity contribution >= 4 is 39.4 Å². The van der Waals surface area contributed by atoms with Crippen molar-refractivity contribution in [1.29, 1.82) is 5.26 Å². The molecule has 2 heterocycles. The molecule has 0 aliphatic heterocycles. The molecule has 32 heavy (non-hydrogen) atoms. The molecule has 1 amide bonds. The van der Waals surface area contributed by atoms with Crippen LogP contribution in [0.25, 0.3) is 17.0 Å². The number of carbonyl (C=O) groups is 1. The maximum Gasteiger partial charge on any atom is 0.445 e. The zero-order valence-electron chi connectivity index (χ0n) is 16.3. The van der Waals surface area contributed by atoms with Gasteiger partial charge in [-0.15, -0.1) is 10.2 Å². The standard InChI is InChI=1S/C22H14F3N5OS/c23-22(24,25)20-28-29-21(32-20)27-19(31)15(11-26)10-16-13-30(12-14-6-2-1-3-7-14)18-9-5-4-8-17(16)18/h1-10,13H,12H2,(H,27,29,31)/b15-10+. The predicted molar refractivity (Wildman–Crippen MR) is 115 cm³/mol.